The van der Waals surface area contributed by atoms with Gasteiger partial charge in [-0.15, -0.1) is 0 Å². The fourth-order valence-corrected chi connectivity index (χ4v) is 3.57. The highest BCUT2D eigenvalue weighted by Crippen LogP contribution is 2.32. The van der Waals surface area contributed by atoms with Crippen LogP contribution in [0.3, 0.4) is 0 Å². The van der Waals surface area contributed by atoms with Gasteiger partial charge < -0.3 is 10.1 Å². The fraction of sp³-hybridized carbons (Fsp3) is 0.571. The molecule has 4 heteroatoms. The summed E-state index contributed by atoms with van der Waals surface area (Å²) in [5.41, 5.74) is 0. The second-order valence-electron chi connectivity index (χ2n) is 4.69. The van der Waals surface area contributed by atoms with Crippen LogP contribution in [0, 0.1) is 0 Å². The molecule has 0 radical (unpaired) electrons. The van der Waals surface area contributed by atoms with Crippen molar-refractivity contribution in [2.24, 2.45) is 0 Å². The lowest BCUT2D eigenvalue weighted by Crippen LogP contribution is -2.34. The maximum atomic E-state index is 5.80. The molecule has 1 aromatic rings. The number of hydrogen-bond donors (Lipinski definition) is 1. The standard InChI is InChI=1S/C14H19Br2NO/c15-12-7-4-8-13(16)14(12)18-10-9-17-11-5-2-1-3-6-11/h4,7-8,11,17H,1-3,5-6,9-10H2. The first kappa shape index (κ1) is 14.4. The monoisotopic (exact) mass is 375 g/mol. The molecule has 100 valence electrons. The lowest BCUT2D eigenvalue weighted by molar-refractivity contribution is 0.287. The second kappa shape index (κ2) is 7.51. The lowest BCUT2D eigenvalue weighted by atomic mass is 9.96. The van der Waals surface area contributed by atoms with Crippen LogP contribution in [0.15, 0.2) is 27.1 Å². The number of benzene rings is 1. The molecule has 1 aromatic carbocycles. The second-order valence-corrected chi connectivity index (χ2v) is 6.40. The van der Waals surface area contributed by atoms with Gasteiger partial charge in [-0.1, -0.05) is 25.3 Å². The molecule has 0 aromatic heterocycles. The van der Waals surface area contributed by atoms with Gasteiger partial charge in [0.15, 0.2) is 0 Å². The van der Waals surface area contributed by atoms with Crippen LogP contribution in [0.25, 0.3) is 0 Å². The molecule has 0 amide bonds. The van der Waals surface area contributed by atoms with Gasteiger partial charge in [0.1, 0.15) is 12.4 Å². The van der Waals surface area contributed by atoms with Gasteiger partial charge in [-0.25, -0.2) is 0 Å². The largest absolute Gasteiger partial charge is 0.490 e. The number of nitrogens with one attached hydrogen (secondary N) is 1. The molecule has 1 aliphatic rings. The van der Waals surface area contributed by atoms with E-state index in [1.807, 2.05) is 18.2 Å². The van der Waals surface area contributed by atoms with Gasteiger partial charge in [0.2, 0.25) is 0 Å². The summed E-state index contributed by atoms with van der Waals surface area (Å²) >= 11 is 7.00. The molecule has 0 saturated heterocycles. The molecule has 0 bridgehead atoms. The molecular formula is C14H19Br2NO. The molecule has 1 N–H and O–H groups in total. The van der Waals surface area contributed by atoms with Crippen LogP contribution < -0.4 is 10.1 Å². The van der Waals surface area contributed by atoms with Crippen molar-refractivity contribution in [1.29, 1.82) is 0 Å². The number of rotatable bonds is 5. The van der Waals surface area contributed by atoms with E-state index in [9.17, 15) is 0 Å². The van der Waals surface area contributed by atoms with E-state index in [0.717, 1.165) is 21.2 Å². The van der Waals surface area contributed by atoms with Gasteiger partial charge >= 0.3 is 0 Å². The third-order valence-corrected chi connectivity index (χ3v) is 4.55. The number of ether oxygens (including phenoxy) is 1. The summed E-state index contributed by atoms with van der Waals surface area (Å²) in [6.45, 7) is 1.62. The summed E-state index contributed by atoms with van der Waals surface area (Å²) in [5, 5.41) is 3.58. The van der Waals surface area contributed by atoms with E-state index in [1.165, 1.54) is 32.1 Å². The highest BCUT2D eigenvalue weighted by molar-refractivity contribution is 9.11. The Kier molecular flexibility index (Phi) is 5.99. The van der Waals surface area contributed by atoms with E-state index in [4.69, 9.17) is 4.74 Å². The maximum Gasteiger partial charge on any atom is 0.147 e. The van der Waals surface area contributed by atoms with Crippen LogP contribution in [-0.2, 0) is 0 Å². The van der Waals surface area contributed by atoms with E-state index in [1.54, 1.807) is 0 Å². The Balaban J connectivity index is 1.71. The van der Waals surface area contributed by atoms with Crippen molar-refractivity contribution in [2.75, 3.05) is 13.2 Å². The van der Waals surface area contributed by atoms with Gasteiger partial charge in [-0.3, -0.25) is 0 Å². The van der Waals surface area contributed by atoms with Crippen LogP contribution >= 0.6 is 31.9 Å². The normalized spacial score (nSPS) is 16.8. The highest BCUT2D eigenvalue weighted by Gasteiger charge is 2.12. The summed E-state index contributed by atoms with van der Waals surface area (Å²) in [4.78, 5) is 0. The SMILES string of the molecule is Brc1cccc(Br)c1OCCNC1CCCCC1. The van der Waals surface area contributed by atoms with Crippen molar-refractivity contribution in [3.63, 3.8) is 0 Å². The summed E-state index contributed by atoms with van der Waals surface area (Å²) in [6.07, 6.45) is 6.78. The fourth-order valence-electron chi connectivity index (χ4n) is 2.34. The van der Waals surface area contributed by atoms with Crippen molar-refractivity contribution >= 4 is 31.9 Å². The zero-order valence-corrected chi connectivity index (χ0v) is 13.6. The van der Waals surface area contributed by atoms with Crippen molar-refractivity contribution in [3.05, 3.63) is 27.1 Å². The minimum Gasteiger partial charge on any atom is -0.490 e. The first-order valence-electron chi connectivity index (χ1n) is 6.57. The third kappa shape index (κ3) is 4.25. The van der Waals surface area contributed by atoms with E-state index >= 15 is 0 Å². The van der Waals surface area contributed by atoms with E-state index in [0.29, 0.717) is 12.6 Å². The average molecular weight is 377 g/mol. The Bertz CT molecular complexity index is 358. The molecule has 0 heterocycles. The van der Waals surface area contributed by atoms with Crippen LogP contribution in [0.2, 0.25) is 0 Å². The van der Waals surface area contributed by atoms with Gasteiger partial charge in [0.25, 0.3) is 0 Å². The Morgan fingerprint density at radius 2 is 1.78 bits per heavy atom. The van der Waals surface area contributed by atoms with Gasteiger partial charge in [0, 0.05) is 12.6 Å². The average Bonchev–Trinajstić information content (AvgIpc) is 2.38. The smallest absolute Gasteiger partial charge is 0.147 e. The molecule has 2 nitrogen and oxygen atoms in total. The van der Waals surface area contributed by atoms with Crippen LogP contribution in [-0.4, -0.2) is 19.2 Å². The lowest BCUT2D eigenvalue weighted by Gasteiger charge is -2.22. The molecule has 18 heavy (non-hydrogen) atoms. The van der Waals surface area contributed by atoms with Crippen LogP contribution in [0.4, 0.5) is 0 Å². The maximum absolute atomic E-state index is 5.80. The third-order valence-electron chi connectivity index (χ3n) is 3.31. The quantitative estimate of drug-likeness (QED) is 0.763. The zero-order chi connectivity index (χ0) is 12.8. The molecule has 0 atom stereocenters. The Hall–Kier alpha value is -0.0600. The predicted octanol–water partition coefficient (Wildman–Crippen LogP) is 4.51. The predicted molar refractivity (Wildman–Crippen MR) is 82.2 cm³/mol. The molecule has 0 unspecified atom stereocenters. The summed E-state index contributed by atoms with van der Waals surface area (Å²) in [7, 11) is 0. The number of halogens is 2. The molecule has 1 aliphatic carbocycles. The van der Waals surface area contributed by atoms with Gasteiger partial charge in [-0.05, 0) is 56.8 Å². The number of hydrogen-bond acceptors (Lipinski definition) is 2. The van der Waals surface area contributed by atoms with E-state index < -0.39 is 0 Å². The summed E-state index contributed by atoms with van der Waals surface area (Å²) in [6, 6.07) is 6.68. The topological polar surface area (TPSA) is 21.3 Å². The Morgan fingerprint density at radius 3 is 2.44 bits per heavy atom. The first-order valence-corrected chi connectivity index (χ1v) is 8.16. The van der Waals surface area contributed by atoms with Crippen LogP contribution in [0.5, 0.6) is 5.75 Å². The molecule has 0 aliphatic heterocycles. The highest BCUT2D eigenvalue weighted by atomic mass is 79.9. The Labute approximate surface area is 126 Å². The van der Waals surface area contributed by atoms with Crippen molar-refractivity contribution in [1.82, 2.24) is 5.32 Å². The Morgan fingerprint density at radius 1 is 1.11 bits per heavy atom. The molecule has 0 spiro atoms. The minimum absolute atomic E-state index is 0.699. The van der Waals surface area contributed by atoms with E-state index in [-0.39, 0.29) is 0 Å². The van der Waals surface area contributed by atoms with Crippen LogP contribution in [0.1, 0.15) is 32.1 Å². The number of para-hydroxylation sites is 1. The van der Waals surface area contributed by atoms with Crippen molar-refractivity contribution in [2.45, 2.75) is 38.1 Å². The minimum atomic E-state index is 0.699. The molecule has 1 saturated carbocycles. The first-order chi connectivity index (χ1) is 8.77. The summed E-state index contributed by atoms with van der Waals surface area (Å²) in [5.74, 6) is 0.892. The van der Waals surface area contributed by atoms with Gasteiger partial charge in [0.05, 0.1) is 8.95 Å². The van der Waals surface area contributed by atoms with Crippen molar-refractivity contribution in [3.8, 4) is 5.75 Å². The van der Waals surface area contributed by atoms with Crippen molar-refractivity contribution < 1.29 is 4.74 Å². The molecular weight excluding hydrogens is 358 g/mol. The van der Waals surface area contributed by atoms with E-state index in [2.05, 4.69) is 37.2 Å². The molecule has 2 rings (SSSR count). The summed E-state index contributed by atoms with van der Waals surface area (Å²) < 4.78 is 7.79. The zero-order valence-electron chi connectivity index (χ0n) is 10.4. The molecule has 1 fully saturated rings. The van der Waals surface area contributed by atoms with Gasteiger partial charge in [-0.2, -0.15) is 0 Å².